The minimum Gasteiger partial charge on any atom is -0.309 e. The second-order valence-corrected chi connectivity index (χ2v) is 7.29. The molecule has 0 aliphatic carbocycles. The van der Waals surface area contributed by atoms with Crippen LogP contribution in [0.4, 0.5) is 0 Å². The van der Waals surface area contributed by atoms with Crippen LogP contribution in [-0.4, -0.2) is 45.7 Å². The molecule has 0 unspecified atom stereocenters. The second-order valence-electron chi connectivity index (χ2n) is 5.33. The highest BCUT2D eigenvalue weighted by molar-refractivity contribution is 7.99. The van der Waals surface area contributed by atoms with Gasteiger partial charge in [0.2, 0.25) is 0 Å². The number of nitrogens with one attached hydrogen (secondary N) is 1. The van der Waals surface area contributed by atoms with Crippen molar-refractivity contribution in [3.63, 3.8) is 0 Å². The van der Waals surface area contributed by atoms with Gasteiger partial charge >= 0.3 is 0 Å². The van der Waals surface area contributed by atoms with Crippen LogP contribution in [0.3, 0.4) is 0 Å². The van der Waals surface area contributed by atoms with Crippen molar-refractivity contribution in [1.29, 1.82) is 0 Å². The quantitative estimate of drug-likeness (QED) is 0.717. The molecule has 0 radical (unpaired) electrons. The summed E-state index contributed by atoms with van der Waals surface area (Å²) in [5.74, 6) is 1.10. The van der Waals surface area contributed by atoms with Gasteiger partial charge in [-0.2, -0.15) is 0 Å². The van der Waals surface area contributed by atoms with Crippen molar-refractivity contribution in [2.45, 2.75) is 45.3 Å². The lowest BCUT2D eigenvalue weighted by molar-refractivity contribution is 0.324. The fourth-order valence-corrected chi connectivity index (χ4v) is 4.02. The maximum atomic E-state index is 4.79. The van der Waals surface area contributed by atoms with E-state index in [1.807, 2.05) is 11.8 Å². The third-order valence-corrected chi connectivity index (χ3v) is 5.29. The number of aromatic nitrogens is 2. The summed E-state index contributed by atoms with van der Waals surface area (Å²) >= 11 is 3.59. The van der Waals surface area contributed by atoms with E-state index in [-0.39, 0.29) is 0 Å². The smallest absolute Gasteiger partial charge is 0.194 e. The van der Waals surface area contributed by atoms with Gasteiger partial charge in [-0.1, -0.05) is 27.7 Å². The zero-order chi connectivity index (χ0) is 15.2. The van der Waals surface area contributed by atoms with Crippen LogP contribution in [0.2, 0.25) is 0 Å². The van der Waals surface area contributed by atoms with Gasteiger partial charge in [-0.05, 0) is 13.1 Å². The lowest BCUT2D eigenvalue weighted by Crippen LogP contribution is -2.25. The number of fused-ring (bicyclic) bond motifs is 1. The van der Waals surface area contributed by atoms with Crippen molar-refractivity contribution < 1.29 is 0 Å². The minimum absolute atomic E-state index is 0.489. The van der Waals surface area contributed by atoms with E-state index in [1.54, 1.807) is 11.3 Å². The average molecular weight is 327 g/mol. The normalized spacial score (nSPS) is 12.1. The molecular formula is C15H26N4S2. The molecule has 0 aromatic carbocycles. The van der Waals surface area contributed by atoms with Crippen molar-refractivity contribution in [2.75, 3.05) is 25.4 Å². The van der Waals surface area contributed by atoms with Gasteiger partial charge in [0.25, 0.3) is 0 Å². The summed E-state index contributed by atoms with van der Waals surface area (Å²) in [7, 11) is 0. The molecule has 0 fully saturated rings. The van der Waals surface area contributed by atoms with Gasteiger partial charge in [0.15, 0.2) is 4.96 Å². The molecular weight excluding hydrogens is 300 g/mol. The molecule has 0 amide bonds. The average Bonchev–Trinajstić information content (AvgIpc) is 3.02. The highest BCUT2D eigenvalue weighted by Gasteiger charge is 2.14. The van der Waals surface area contributed by atoms with Gasteiger partial charge < -0.3 is 10.2 Å². The summed E-state index contributed by atoms with van der Waals surface area (Å²) in [6, 6.07) is 0.489. The van der Waals surface area contributed by atoms with Gasteiger partial charge in [-0.25, -0.2) is 4.98 Å². The Bertz CT molecular complexity index is 543. The van der Waals surface area contributed by atoms with E-state index >= 15 is 0 Å². The van der Waals surface area contributed by atoms with E-state index in [0.29, 0.717) is 6.04 Å². The van der Waals surface area contributed by atoms with Crippen LogP contribution in [0.15, 0.2) is 16.6 Å². The van der Waals surface area contributed by atoms with Crippen molar-refractivity contribution in [3.05, 3.63) is 17.3 Å². The zero-order valence-electron chi connectivity index (χ0n) is 13.4. The Morgan fingerprint density at radius 1 is 1.38 bits per heavy atom. The molecule has 2 aromatic rings. The number of imidazole rings is 1. The van der Waals surface area contributed by atoms with E-state index in [2.05, 4.69) is 53.9 Å². The largest absolute Gasteiger partial charge is 0.309 e. The lowest BCUT2D eigenvalue weighted by atomic mass is 10.3. The Kier molecular flexibility index (Phi) is 6.54. The van der Waals surface area contributed by atoms with E-state index in [9.17, 15) is 0 Å². The van der Waals surface area contributed by atoms with E-state index in [1.165, 1.54) is 10.7 Å². The third-order valence-electron chi connectivity index (χ3n) is 3.54. The number of nitrogens with zero attached hydrogens (tertiary/aromatic N) is 3. The Hall–Kier alpha value is -0.560. The van der Waals surface area contributed by atoms with Crippen molar-refractivity contribution in [3.8, 4) is 0 Å². The first-order valence-electron chi connectivity index (χ1n) is 7.68. The van der Waals surface area contributed by atoms with Crippen LogP contribution in [-0.2, 0) is 6.54 Å². The number of rotatable bonds is 9. The van der Waals surface area contributed by atoms with Gasteiger partial charge in [0.05, 0.1) is 5.69 Å². The Morgan fingerprint density at radius 2 is 2.14 bits per heavy atom. The van der Waals surface area contributed by atoms with Crippen LogP contribution in [0.1, 0.15) is 33.4 Å². The van der Waals surface area contributed by atoms with Crippen LogP contribution >= 0.6 is 23.1 Å². The van der Waals surface area contributed by atoms with Crippen molar-refractivity contribution >= 4 is 28.1 Å². The Labute approximate surface area is 135 Å². The van der Waals surface area contributed by atoms with E-state index < -0.39 is 0 Å². The highest BCUT2D eigenvalue weighted by Crippen LogP contribution is 2.26. The predicted molar refractivity (Wildman–Crippen MR) is 93.6 cm³/mol. The molecule has 21 heavy (non-hydrogen) atoms. The van der Waals surface area contributed by atoms with Crippen LogP contribution in [0.25, 0.3) is 4.96 Å². The van der Waals surface area contributed by atoms with Gasteiger partial charge in [-0.15, -0.1) is 23.1 Å². The maximum Gasteiger partial charge on any atom is 0.194 e. The van der Waals surface area contributed by atoms with Crippen molar-refractivity contribution in [2.24, 2.45) is 0 Å². The lowest BCUT2D eigenvalue weighted by Gasteiger charge is -2.17. The third kappa shape index (κ3) is 4.45. The molecule has 2 aromatic heterocycles. The molecule has 0 aliphatic heterocycles. The molecule has 0 spiro atoms. The summed E-state index contributed by atoms with van der Waals surface area (Å²) in [5.41, 5.74) is 1.30. The molecule has 0 saturated carbocycles. The monoisotopic (exact) mass is 326 g/mol. The Balaban J connectivity index is 2.03. The Morgan fingerprint density at radius 3 is 2.81 bits per heavy atom. The molecule has 4 nitrogen and oxygen atoms in total. The van der Waals surface area contributed by atoms with Gasteiger partial charge in [0, 0.05) is 36.5 Å². The molecule has 1 N–H and O–H groups in total. The first kappa shape index (κ1) is 16.8. The van der Waals surface area contributed by atoms with Crippen molar-refractivity contribution in [1.82, 2.24) is 19.6 Å². The maximum absolute atomic E-state index is 4.79. The predicted octanol–water partition coefficient (Wildman–Crippen LogP) is 3.33. The van der Waals surface area contributed by atoms with E-state index in [0.717, 1.165) is 36.9 Å². The molecule has 0 bridgehead atoms. The van der Waals surface area contributed by atoms with E-state index in [4.69, 9.17) is 4.98 Å². The standard InChI is InChI=1S/C15H26N4S2/c1-5-18(6-2)7-9-20-14-13(11-16-12(3)4)19-8-10-21-15(19)17-14/h8,10,12,16H,5-7,9,11H2,1-4H3. The summed E-state index contributed by atoms with van der Waals surface area (Å²) in [4.78, 5) is 8.34. The second kappa shape index (κ2) is 8.17. The molecule has 2 heterocycles. The minimum atomic E-state index is 0.489. The topological polar surface area (TPSA) is 32.6 Å². The number of hydrogen-bond donors (Lipinski definition) is 1. The zero-order valence-corrected chi connectivity index (χ0v) is 15.1. The fraction of sp³-hybridized carbons (Fsp3) is 0.667. The first-order valence-corrected chi connectivity index (χ1v) is 9.55. The molecule has 0 saturated heterocycles. The SMILES string of the molecule is CCN(CC)CCSc1nc2sccn2c1CNC(C)C. The summed E-state index contributed by atoms with van der Waals surface area (Å²) in [5, 5.41) is 6.80. The molecule has 118 valence electrons. The molecule has 0 atom stereocenters. The number of hydrogen-bond acceptors (Lipinski definition) is 5. The van der Waals surface area contributed by atoms with Gasteiger partial charge in [0.1, 0.15) is 5.03 Å². The molecule has 6 heteroatoms. The van der Waals surface area contributed by atoms with Crippen LogP contribution in [0.5, 0.6) is 0 Å². The fourth-order valence-electron chi connectivity index (χ4n) is 2.20. The molecule has 2 rings (SSSR count). The number of thioether (sulfide) groups is 1. The van der Waals surface area contributed by atoms with Gasteiger partial charge in [-0.3, -0.25) is 4.40 Å². The first-order chi connectivity index (χ1) is 10.2. The summed E-state index contributed by atoms with van der Waals surface area (Å²) in [6.07, 6.45) is 2.12. The van der Waals surface area contributed by atoms with Crippen LogP contribution in [0, 0.1) is 0 Å². The number of thiazole rings is 1. The summed E-state index contributed by atoms with van der Waals surface area (Å²) in [6.45, 7) is 13.0. The highest BCUT2D eigenvalue weighted by atomic mass is 32.2. The molecule has 0 aliphatic rings. The van der Waals surface area contributed by atoms with Crippen LogP contribution < -0.4 is 5.32 Å². The summed E-state index contributed by atoms with van der Waals surface area (Å²) < 4.78 is 2.22.